The van der Waals surface area contributed by atoms with Gasteiger partial charge in [-0.2, -0.15) is 0 Å². The third-order valence-electron chi connectivity index (χ3n) is 3.13. The van der Waals surface area contributed by atoms with Crippen LogP contribution in [0.4, 0.5) is 0 Å². The molecule has 22 heavy (non-hydrogen) atoms. The van der Waals surface area contributed by atoms with Gasteiger partial charge in [-0.05, 0) is 30.8 Å². The molecule has 0 aromatic heterocycles. The number of hydrogen-bond acceptors (Lipinski definition) is 4. The first kappa shape index (κ1) is 17.3. The van der Waals surface area contributed by atoms with E-state index < -0.39 is 15.9 Å². The van der Waals surface area contributed by atoms with Gasteiger partial charge in [-0.25, -0.2) is 8.42 Å². The van der Waals surface area contributed by atoms with Gasteiger partial charge in [0.25, 0.3) is 0 Å². The van der Waals surface area contributed by atoms with Crippen LogP contribution in [-0.2, 0) is 21.2 Å². The highest BCUT2D eigenvalue weighted by Crippen LogP contribution is 2.23. The molecule has 0 spiro atoms. The van der Waals surface area contributed by atoms with E-state index in [1.807, 2.05) is 11.0 Å². The molecule has 0 fully saturated rings. The van der Waals surface area contributed by atoms with E-state index in [2.05, 4.69) is 5.32 Å². The summed E-state index contributed by atoms with van der Waals surface area (Å²) in [6.07, 6.45) is 1.49. The molecule has 5 nitrogen and oxygen atoms in total. The van der Waals surface area contributed by atoms with Crippen molar-refractivity contribution in [2.45, 2.75) is 12.6 Å². The highest BCUT2D eigenvalue weighted by atomic mass is 35.5. The number of rotatable bonds is 5. The van der Waals surface area contributed by atoms with E-state index in [1.54, 1.807) is 19.2 Å². The van der Waals surface area contributed by atoms with Crippen molar-refractivity contribution in [1.29, 1.82) is 0 Å². The SMILES string of the molecule is CN(CC(=O)NC1C=CS(=O)(=O)C1)Cc1ccc(Cl)c(Cl)c1. The van der Waals surface area contributed by atoms with Crippen molar-refractivity contribution < 1.29 is 13.2 Å². The summed E-state index contributed by atoms with van der Waals surface area (Å²) >= 11 is 11.8. The largest absolute Gasteiger partial charge is 0.348 e. The standard InChI is InChI=1S/C14H16Cl2N2O3S/c1-18(7-10-2-3-12(15)13(16)6-10)8-14(19)17-11-4-5-22(20,21)9-11/h2-6,11H,7-9H2,1H3,(H,17,19). The van der Waals surface area contributed by atoms with Crippen LogP contribution in [-0.4, -0.2) is 44.6 Å². The summed E-state index contributed by atoms with van der Waals surface area (Å²) in [7, 11) is -1.37. The topological polar surface area (TPSA) is 66.5 Å². The normalized spacial score (nSPS) is 19.5. The van der Waals surface area contributed by atoms with Crippen LogP contribution in [0.15, 0.2) is 29.7 Å². The number of sulfone groups is 1. The minimum absolute atomic E-state index is 0.0742. The minimum atomic E-state index is -3.16. The lowest BCUT2D eigenvalue weighted by molar-refractivity contribution is -0.122. The fraction of sp³-hybridized carbons (Fsp3) is 0.357. The lowest BCUT2D eigenvalue weighted by Crippen LogP contribution is -2.41. The van der Waals surface area contributed by atoms with Gasteiger partial charge in [0.2, 0.25) is 5.91 Å². The van der Waals surface area contributed by atoms with Gasteiger partial charge >= 0.3 is 0 Å². The number of nitrogens with zero attached hydrogens (tertiary/aromatic N) is 1. The van der Waals surface area contributed by atoms with Crippen molar-refractivity contribution in [2.24, 2.45) is 0 Å². The minimum Gasteiger partial charge on any atom is -0.348 e. The monoisotopic (exact) mass is 362 g/mol. The molecule has 2 rings (SSSR count). The second-order valence-corrected chi connectivity index (χ2v) is 8.00. The van der Waals surface area contributed by atoms with Crippen LogP contribution in [0.2, 0.25) is 10.0 Å². The predicted octanol–water partition coefficient (Wildman–Crippen LogP) is 1.85. The lowest BCUT2D eigenvalue weighted by atomic mass is 10.2. The highest BCUT2D eigenvalue weighted by molar-refractivity contribution is 7.94. The molecule has 0 aliphatic carbocycles. The number of likely N-dealkylation sites (N-methyl/N-ethyl adjacent to an activating group) is 1. The molecule has 1 heterocycles. The van der Waals surface area contributed by atoms with Crippen LogP contribution in [0.1, 0.15) is 5.56 Å². The van der Waals surface area contributed by atoms with Crippen molar-refractivity contribution in [2.75, 3.05) is 19.3 Å². The zero-order chi connectivity index (χ0) is 16.3. The molecule has 0 bridgehead atoms. The first-order chi connectivity index (χ1) is 10.2. The first-order valence-electron chi connectivity index (χ1n) is 6.58. The van der Waals surface area contributed by atoms with Crippen molar-refractivity contribution >= 4 is 38.9 Å². The molecule has 0 radical (unpaired) electrons. The summed E-state index contributed by atoms with van der Waals surface area (Å²) in [4.78, 5) is 13.7. The number of carbonyl (C=O) groups excluding carboxylic acids is 1. The molecule has 1 amide bonds. The van der Waals surface area contributed by atoms with Crippen LogP contribution in [0.5, 0.6) is 0 Å². The average molecular weight is 363 g/mol. The fourth-order valence-electron chi connectivity index (χ4n) is 2.17. The molecule has 1 aromatic carbocycles. The zero-order valence-electron chi connectivity index (χ0n) is 11.9. The Morgan fingerprint density at radius 2 is 2.09 bits per heavy atom. The van der Waals surface area contributed by atoms with E-state index in [0.29, 0.717) is 16.6 Å². The fourth-order valence-corrected chi connectivity index (χ4v) is 3.72. The average Bonchev–Trinajstić information content (AvgIpc) is 2.72. The van der Waals surface area contributed by atoms with Gasteiger partial charge in [0.1, 0.15) is 0 Å². The Hall–Kier alpha value is -1.08. The van der Waals surface area contributed by atoms with Gasteiger partial charge in [-0.15, -0.1) is 0 Å². The van der Waals surface area contributed by atoms with Gasteiger partial charge in [0.05, 0.1) is 28.4 Å². The zero-order valence-corrected chi connectivity index (χ0v) is 14.2. The van der Waals surface area contributed by atoms with Gasteiger partial charge in [0.15, 0.2) is 9.84 Å². The first-order valence-corrected chi connectivity index (χ1v) is 9.05. The molecule has 0 saturated heterocycles. The van der Waals surface area contributed by atoms with Crippen LogP contribution in [0.3, 0.4) is 0 Å². The molecule has 1 aliphatic rings. The summed E-state index contributed by atoms with van der Waals surface area (Å²) in [6.45, 7) is 0.688. The van der Waals surface area contributed by atoms with E-state index in [-0.39, 0.29) is 18.2 Å². The maximum absolute atomic E-state index is 11.9. The Bertz CT molecular complexity index is 704. The summed E-state index contributed by atoms with van der Waals surface area (Å²) in [5.74, 6) is -0.302. The summed E-state index contributed by atoms with van der Waals surface area (Å²) in [6, 6.07) is 4.86. The summed E-state index contributed by atoms with van der Waals surface area (Å²) in [5, 5.41) is 4.77. The lowest BCUT2D eigenvalue weighted by Gasteiger charge is -2.18. The van der Waals surface area contributed by atoms with Crippen LogP contribution in [0, 0.1) is 0 Å². The maximum atomic E-state index is 11.9. The smallest absolute Gasteiger partial charge is 0.234 e. The van der Waals surface area contributed by atoms with Gasteiger partial charge in [0, 0.05) is 12.0 Å². The van der Waals surface area contributed by atoms with Crippen molar-refractivity contribution in [3.05, 3.63) is 45.3 Å². The van der Waals surface area contributed by atoms with E-state index in [0.717, 1.165) is 11.0 Å². The Morgan fingerprint density at radius 3 is 2.68 bits per heavy atom. The third-order valence-corrected chi connectivity index (χ3v) is 5.26. The molecule has 1 aliphatic heterocycles. The quantitative estimate of drug-likeness (QED) is 0.867. The Labute approximate surface area is 139 Å². The Morgan fingerprint density at radius 1 is 1.36 bits per heavy atom. The molecule has 1 N–H and O–H groups in total. The number of benzene rings is 1. The van der Waals surface area contributed by atoms with Gasteiger partial charge < -0.3 is 5.32 Å². The second kappa shape index (κ2) is 7.00. The van der Waals surface area contributed by atoms with E-state index in [4.69, 9.17) is 23.2 Å². The molecule has 1 atom stereocenters. The van der Waals surface area contributed by atoms with Gasteiger partial charge in [-0.1, -0.05) is 29.3 Å². The molecular weight excluding hydrogens is 347 g/mol. The van der Waals surface area contributed by atoms with E-state index in [1.165, 1.54) is 6.08 Å². The van der Waals surface area contributed by atoms with E-state index >= 15 is 0 Å². The molecule has 1 aromatic rings. The van der Waals surface area contributed by atoms with Crippen LogP contribution < -0.4 is 5.32 Å². The van der Waals surface area contributed by atoms with E-state index in [9.17, 15) is 13.2 Å². The highest BCUT2D eigenvalue weighted by Gasteiger charge is 2.23. The summed E-state index contributed by atoms with van der Waals surface area (Å²) < 4.78 is 22.5. The number of hydrogen-bond donors (Lipinski definition) is 1. The number of nitrogens with one attached hydrogen (secondary N) is 1. The third kappa shape index (κ3) is 4.98. The molecule has 8 heteroatoms. The Kier molecular flexibility index (Phi) is 5.50. The van der Waals surface area contributed by atoms with Crippen molar-refractivity contribution in [1.82, 2.24) is 10.2 Å². The van der Waals surface area contributed by atoms with Crippen molar-refractivity contribution in [3.63, 3.8) is 0 Å². The van der Waals surface area contributed by atoms with Gasteiger partial charge in [-0.3, -0.25) is 9.69 Å². The number of halogens is 2. The Balaban J connectivity index is 1.84. The summed E-state index contributed by atoms with van der Waals surface area (Å²) in [5.41, 5.74) is 0.938. The predicted molar refractivity (Wildman–Crippen MR) is 87.7 cm³/mol. The molecular formula is C14H16Cl2N2O3S. The van der Waals surface area contributed by atoms with Crippen LogP contribution >= 0.6 is 23.2 Å². The number of carbonyl (C=O) groups is 1. The molecule has 120 valence electrons. The second-order valence-electron chi connectivity index (χ2n) is 5.25. The van der Waals surface area contributed by atoms with Crippen molar-refractivity contribution in [3.8, 4) is 0 Å². The van der Waals surface area contributed by atoms with Crippen LogP contribution in [0.25, 0.3) is 0 Å². The number of amides is 1. The molecule has 0 saturated carbocycles. The maximum Gasteiger partial charge on any atom is 0.234 e. The molecule has 1 unspecified atom stereocenters.